The molecule has 0 bridgehead atoms. The molecule has 6 heteroatoms. The van der Waals surface area contributed by atoms with E-state index in [9.17, 15) is 8.78 Å². The van der Waals surface area contributed by atoms with E-state index in [0.29, 0.717) is 16.9 Å². The van der Waals surface area contributed by atoms with Crippen LogP contribution in [0.3, 0.4) is 0 Å². The summed E-state index contributed by atoms with van der Waals surface area (Å²) in [5.41, 5.74) is -0.241. The van der Waals surface area contributed by atoms with Crippen LogP contribution in [0.15, 0.2) is 16.6 Å². The monoisotopic (exact) mass is 322 g/mol. The fourth-order valence-electron chi connectivity index (χ4n) is 1.12. The van der Waals surface area contributed by atoms with E-state index < -0.39 is 11.6 Å². The van der Waals surface area contributed by atoms with Gasteiger partial charge in [-0.1, -0.05) is 29.8 Å². The number of thiocarbonyl (C=S) groups is 1. The first kappa shape index (κ1) is 14.3. The summed E-state index contributed by atoms with van der Waals surface area (Å²) in [5, 5.41) is 5.59. The zero-order valence-corrected chi connectivity index (χ0v) is 11.9. The molecule has 0 aliphatic carbocycles. The van der Waals surface area contributed by atoms with Crippen molar-refractivity contribution in [2.45, 2.75) is 13.8 Å². The quantitative estimate of drug-likeness (QED) is 0.830. The topological polar surface area (TPSA) is 24.1 Å². The van der Waals surface area contributed by atoms with Gasteiger partial charge in [0.25, 0.3) is 0 Å². The SMILES string of the molecule is CC(C)CNC(=S)Nc1c(F)cc(Br)cc1F. The zero-order chi connectivity index (χ0) is 13.0. The minimum atomic E-state index is -0.689. The van der Waals surface area contributed by atoms with Crippen molar-refractivity contribution >= 4 is 38.9 Å². The highest BCUT2D eigenvalue weighted by Crippen LogP contribution is 2.23. The Bertz CT molecular complexity index is 401. The summed E-state index contributed by atoms with van der Waals surface area (Å²) in [5.74, 6) is -0.981. The van der Waals surface area contributed by atoms with Crippen LogP contribution in [-0.2, 0) is 0 Å². The number of halogens is 3. The molecule has 0 amide bonds. The fraction of sp³-hybridized carbons (Fsp3) is 0.364. The van der Waals surface area contributed by atoms with Gasteiger partial charge in [-0.25, -0.2) is 8.78 Å². The van der Waals surface area contributed by atoms with Gasteiger partial charge in [0, 0.05) is 11.0 Å². The summed E-state index contributed by atoms with van der Waals surface area (Å²) in [7, 11) is 0. The Morgan fingerprint density at radius 1 is 1.35 bits per heavy atom. The Kier molecular flexibility index (Phi) is 5.27. The average molecular weight is 323 g/mol. The van der Waals surface area contributed by atoms with Gasteiger partial charge in [0.2, 0.25) is 0 Å². The minimum Gasteiger partial charge on any atom is -0.362 e. The van der Waals surface area contributed by atoms with Crippen molar-refractivity contribution in [1.29, 1.82) is 0 Å². The first-order valence-electron chi connectivity index (χ1n) is 5.09. The molecular weight excluding hydrogens is 310 g/mol. The van der Waals surface area contributed by atoms with Crippen molar-refractivity contribution in [3.8, 4) is 0 Å². The van der Waals surface area contributed by atoms with Gasteiger partial charge in [-0.15, -0.1) is 0 Å². The van der Waals surface area contributed by atoms with Gasteiger partial charge >= 0.3 is 0 Å². The highest BCUT2D eigenvalue weighted by atomic mass is 79.9. The first-order chi connectivity index (χ1) is 7.90. The molecule has 0 radical (unpaired) electrons. The molecule has 0 saturated carbocycles. The smallest absolute Gasteiger partial charge is 0.170 e. The normalized spacial score (nSPS) is 10.5. The Labute approximate surface area is 113 Å². The lowest BCUT2D eigenvalue weighted by molar-refractivity contribution is 0.589. The molecule has 0 fully saturated rings. The van der Waals surface area contributed by atoms with Gasteiger partial charge in [0.15, 0.2) is 16.7 Å². The summed E-state index contributed by atoms with van der Waals surface area (Å²) < 4.78 is 27.2. The van der Waals surface area contributed by atoms with Crippen molar-refractivity contribution in [2.24, 2.45) is 5.92 Å². The number of benzene rings is 1. The number of anilines is 1. The van der Waals surface area contributed by atoms with Gasteiger partial charge in [0.1, 0.15) is 5.69 Å². The number of nitrogens with one attached hydrogen (secondary N) is 2. The second-order valence-electron chi connectivity index (χ2n) is 3.97. The third-order valence-corrected chi connectivity index (χ3v) is 2.62. The molecule has 17 heavy (non-hydrogen) atoms. The van der Waals surface area contributed by atoms with Crippen LogP contribution in [0.4, 0.5) is 14.5 Å². The van der Waals surface area contributed by atoms with Gasteiger partial charge in [0.05, 0.1) is 0 Å². The minimum absolute atomic E-state index is 0.207. The van der Waals surface area contributed by atoms with Gasteiger partial charge in [-0.3, -0.25) is 0 Å². The fourth-order valence-corrected chi connectivity index (χ4v) is 1.70. The average Bonchev–Trinajstić information content (AvgIpc) is 2.20. The number of rotatable bonds is 3. The second-order valence-corrected chi connectivity index (χ2v) is 5.30. The van der Waals surface area contributed by atoms with Crippen LogP contribution in [0, 0.1) is 17.6 Å². The van der Waals surface area contributed by atoms with Crippen LogP contribution in [0.1, 0.15) is 13.8 Å². The van der Waals surface area contributed by atoms with E-state index in [-0.39, 0.29) is 10.8 Å². The zero-order valence-electron chi connectivity index (χ0n) is 9.48. The lowest BCUT2D eigenvalue weighted by Crippen LogP contribution is -2.32. The van der Waals surface area contributed by atoms with Crippen LogP contribution in [0.25, 0.3) is 0 Å². The molecule has 0 heterocycles. The van der Waals surface area contributed by atoms with Crippen molar-refractivity contribution in [2.75, 3.05) is 11.9 Å². The molecule has 0 aromatic heterocycles. The van der Waals surface area contributed by atoms with Gasteiger partial charge in [-0.2, -0.15) is 0 Å². The standard InChI is InChI=1S/C11H13BrF2N2S/c1-6(2)5-15-11(17)16-10-8(13)3-7(12)4-9(10)14/h3-4,6H,5H2,1-2H3,(H2,15,16,17). The van der Waals surface area contributed by atoms with E-state index in [1.54, 1.807) is 0 Å². The largest absolute Gasteiger partial charge is 0.362 e. The number of hydrogen-bond donors (Lipinski definition) is 2. The Morgan fingerprint density at radius 3 is 2.35 bits per heavy atom. The summed E-state index contributed by atoms with van der Waals surface area (Å²) in [6.45, 7) is 4.67. The highest BCUT2D eigenvalue weighted by molar-refractivity contribution is 9.10. The van der Waals surface area contributed by atoms with Crippen LogP contribution < -0.4 is 10.6 Å². The molecule has 0 saturated heterocycles. The molecule has 0 atom stereocenters. The molecule has 1 rings (SSSR count). The van der Waals surface area contributed by atoms with Crippen molar-refractivity contribution in [3.63, 3.8) is 0 Å². The summed E-state index contributed by atoms with van der Waals surface area (Å²) in [6.07, 6.45) is 0. The molecule has 1 aromatic rings. The van der Waals surface area contributed by atoms with Crippen molar-refractivity contribution in [1.82, 2.24) is 5.32 Å². The Hall–Kier alpha value is -0.750. The maximum atomic E-state index is 13.5. The van der Waals surface area contributed by atoms with Crippen molar-refractivity contribution < 1.29 is 8.78 Å². The molecule has 1 aromatic carbocycles. The van der Waals surface area contributed by atoms with E-state index in [2.05, 4.69) is 26.6 Å². The highest BCUT2D eigenvalue weighted by Gasteiger charge is 2.11. The maximum absolute atomic E-state index is 13.5. The van der Waals surface area contributed by atoms with E-state index in [1.807, 2.05) is 13.8 Å². The molecule has 0 aliphatic heterocycles. The molecular formula is C11H13BrF2N2S. The Morgan fingerprint density at radius 2 is 1.88 bits per heavy atom. The summed E-state index contributed by atoms with van der Waals surface area (Å²) >= 11 is 7.95. The Balaban J connectivity index is 2.72. The molecule has 94 valence electrons. The second kappa shape index (κ2) is 6.26. The lowest BCUT2D eigenvalue weighted by Gasteiger charge is -2.13. The van der Waals surface area contributed by atoms with E-state index in [1.165, 1.54) is 12.1 Å². The number of hydrogen-bond acceptors (Lipinski definition) is 1. The van der Waals surface area contributed by atoms with Gasteiger partial charge < -0.3 is 10.6 Å². The maximum Gasteiger partial charge on any atom is 0.170 e. The van der Waals surface area contributed by atoms with Gasteiger partial charge in [-0.05, 0) is 30.3 Å². The van der Waals surface area contributed by atoms with E-state index in [0.717, 1.165) is 0 Å². The van der Waals surface area contributed by atoms with Crippen LogP contribution in [0.5, 0.6) is 0 Å². The molecule has 0 spiro atoms. The third kappa shape index (κ3) is 4.55. The first-order valence-corrected chi connectivity index (χ1v) is 6.29. The lowest BCUT2D eigenvalue weighted by atomic mass is 10.2. The van der Waals surface area contributed by atoms with E-state index >= 15 is 0 Å². The van der Waals surface area contributed by atoms with Crippen LogP contribution in [-0.4, -0.2) is 11.7 Å². The molecule has 2 N–H and O–H groups in total. The molecule has 2 nitrogen and oxygen atoms in total. The van der Waals surface area contributed by atoms with Crippen molar-refractivity contribution in [3.05, 3.63) is 28.2 Å². The third-order valence-electron chi connectivity index (χ3n) is 1.92. The van der Waals surface area contributed by atoms with Crippen LogP contribution in [0.2, 0.25) is 0 Å². The summed E-state index contributed by atoms with van der Waals surface area (Å²) in [6, 6.07) is 2.35. The predicted octanol–water partition coefficient (Wildman–Crippen LogP) is 3.67. The predicted molar refractivity (Wildman–Crippen MR) is 73.1 cm³/mol. The molecule has 0 unspecified atom stereocenters. The molecule has 0 aliphatic rings. The van der Waals surface area contributed by atoms with E-state index in [4.69, 9.17) is 12.2 Å². The van der Waals surface area contributed by atoms with Crippen LogP contribution >= 0.6 is 28.1 Å². The summed E-state index contributed by atoms with van der Waals surface area (Å²) in [4.78, 5) is 0.